The molecule has 4 rings (SSSR count). The van der Waals surface area contributed by atoms with Crippen LogP contribution in [0.2, 0.25) is 0 Å². The molecule has 1 aliphatic heterocycles. The highest BCUT2D eigenvalue weighted by molar-refractivity contribution is 6.08. The molecule has 2 aromatic carbocycles. The number of benzene rings is 2. The van der Waals surface area contributed by atoms with Crippen molar-refractivity contribution in [3.05, 3.63) is 83.7 Å². The minimum atomic E-state index is -0.219. The molecule has 0 saturated carbocycles. The highest BCUT2D eigenvalue weighted by Gasteiger charge is 2.18. The average Bonchev–Trinajstić information content (AvgIpc) is 3.47. The van der Waals surface area contributed by atoms with E-state index in [0.717, 1.165) is 5.56 Å². The van der Waals surface area contributed by atoms with Crippen molar-refractivity contribution in [2.45, 2.75) is 26.0 Å². The van der Waals surface area contributed by atoms with E-state index in [4.69, 9.17) is 19.5 Å². The maximum absolute atomic E-state index is 13.0. The minimum absolute atomic E-state index is 0.0752. The number of rotatable bonds is 10. The van der Waals surface area contributed by atoms with Crippen LogP contribution in [-0.4, -0.2) is 35.1 Å². The number of aromatic nitrogens is 1. The van der Waals surface area contributed by atoms with Crippen molar-refractivity contribution >= 4 is 11.9 Å². The van der Waals surface area contributed by atoms with Gasteiger partial charge in [0.05, 0.1) is 5.69 Å². The minimum Gasteiger partial charge on any atom is -0.488 e. The molecule has 32 heavy (non-hydrogen) atoms. The molecule has 166 valence electrons. The van der Waals surface area contributed by atoms with Crippen molar-refractivity contribution in [1.29, 1.82) is 0 Å². The summed E-state index contributed by atoms with van der Waals surface area (Å²) in [6.07, 6.45) is 6.34. The number of hydrogen-bond donors (Lipinski definition) is 1. The SMILES string of the molecule is CC[C@@H](COO)Oc1cccc(/C=C/Cn2cccc2C(=O)c2ccc3c(c2)OCO3)c1. The third kappa shape index (κ3) is 5.01. The number of carbonyl (C=O) groups is 1. The lowest BCUT2D eigenvalue weighted by Crippen LogP contribution is -2.21. The van der Waals surface area contributed by atoms with Gasteiger partial charge in [-0.05, 0) is 54.4 Å². The van der Waals surface area contributed by atoms with Crippen molar-refractivity contribution in [2.75, 3.05) is 13.4 Å². The lowest BCUT2D eigenvalue weighted by molar-refractivity contribution is -0.254. The summed E-state index contributed by atoms with van der Waals surface area (Å²) in [5.74, 6) is 1.87. The van der Waals surface area contributed by atoms with Crippen molar-refractivity contribution in [2.24, 2.45) is 0 Å². The third-order valence-corrected chi connectivity index (χ3v) is 5.19. The predicted molar refractivity (Wildman–Crippen MR) is 119 cm³/mol. The molecule has 0 radical (unpaired) electrons. The average molecular weight is 435 g/mol. The van der Waals surface area contributed by atoms with Gasteiger partial charge in [0, 0.05) is 18.3 Å². The molecule has 2 heterocycles. The molecule has 0 spiro atoms. The highest BCUT2D eigenvalue weighted by Crippen LogP contribution is 2.33. The van der Waals surface area contributed by atoms with E-state index in [1.807, 2.05) is 66.2 Å². The Labute approximate surface area is 186 Å². The Balaban J connectivity index is 1.43. The van der Waals surface area contributed by atoms with Gasteiger partial charge in [-0.2, -0.15) is 0 Å². The molecule has 0 fully saturated rings. The molecule has 1 aliphatic rings. The summed E-state index contributed by atoms with van der Waals surface area (Å²) in [5.41, 5.74) is 2.12. The Morgan fingerprint density at radius 1 is 1.16 bits per heavy atom. The van der Waals surface area contributed by atoms with E-state index >= 15 is 0 Å². The normalized spacial score (nSPS) is 13.4. The summed E-state index contributed by atoms with van der Waals surface area (Å²) < 4.78 is 18.4. The molecule has 0 unspecified atom stereocenters. The topological polar surface area (TPSA) is 79.2 Å². The number of hydrogen-bond acceptors (Lipinski definition) is 6. The summed E-state index contributed by atoms with van der Waals surface area (Å²) in [6, 6.07) is 16.6. The molecule has 7 heteroatoms. The second-order valence-electron chi connectivity index (χ2n) is 7.36. The van der Waals surface area contributed by atoms with Crippen LogP contribution in [0.3, 0.4) is 0 Å². The van der Waals surface area contributed by atoms with Crippen LogP contribution in [0.4, 0.5) is 0 Å². The number of fused-ring (bicyclic) bond motifs is 1. The van der Waals surface area contributed by atoms with Crippen LogP contribution in [0, 0.1) is 0 Å². The van der Waals surface area contributed by atoms with E-state index in [2.05, 4.69) is 4.89 Å². The largest absolute Gasteiger partial charge is 0.488 e. The summed E-state index contributed by atoms with van der Waals surface area (Å²) >= 11 is 0. The monoisotopic (exact) mass is 435 g/mol. The van der Waals surface area contributed by atoms with E-state index in [-0.39, 0.29) is 25.3 Å². The zero-order chi connectivity index (χ0) is 22.3. The molecule has 7 nitrogen and oxygen atoms in total. The number of ketones is 1. The molecule has 0 aliphatic carbocycles. The third-order valence-electron chi connectivity index (χ3n) is 5.19. The predicted octanol–water partition coefficient (Wildman–Crippen LogP) is 4.81. The Hall–Kier alpha value is -3.55. The first-order valence-electron chi connectivity index (χ1n) is 10.5. The van der Waals surface area contributed by atoms with Gasteiger partial charge in [0.15, 0.2) is 11.5 Å². The van der Waals surface area contributed by atoms with Gasteiger partial charge in [-0.25, -0.2) is 4.89 Å². The van der Waals surface area contributed by atoms with Gasteiger partial charge in [0.1, 0.15) is 18.5 Å². The van der Waals surface area contributed by atoms with Crippen LogP contribution < -0.4 is 14.2 Å². The smallest absolute Gasteiger partial charge is 0.231 e. The fourth-order valence-corrected chi connectivity index (χ4v) is 3.47. The molecule has 0 bridgehead atoms. The molecule has 0 saturated heterocycles. The first-order chi connectivity index (χ1) is 15.7. The molecular formula is C25H25NO6. The first kappa shape index (κ1) is 21.7. The van der Waals surface area contributed by atoms with Crippen LogP contribution in [0.25, 0.3) is 6.08 Å². The quantitative estimate of drug-likeness (QED) is 0.280. The Morgan fingerprint density at radius 2 is 2.03 bits per heavy atom. The fourth-order valence-electron chi connectivity index (χ4n) is 3.47. The van der Waals surface area contributed by atoms with Crippen molar-refractivity contribution in [1.82, 2.24) is 4.57 Å². The van der Waals surface area contributed by atoms with Crippen molar-refractivity contribution in [3.63, 3.8) is 0 Å². The summed E-state index contributed by atoms with van der Waals surface area (Å²) in [7, 11) is 0. The fraction of sp³-hybridized carbons (Fsp3) is 0.240. The molecule has 3 aromatic rings. The molecular weight excluding hydrogens is 410 g/mol. The molecule has 1 aromatic heterocycles. The van der Waals surface area contributed by atoms with Gasteiger partial charge >= 0.3 is 0 Å². The maximum Gasteiger partial charge on any atom is 0.231 e. The second-order valence-corrected chi connectivity index (χ2v) is 7.36. The summed E-state index contributed by atoms with van der Waals surface area (Å²) in [6.45, 7) is 2.80. The summed E-state index contributed by atoms with van der Waals surface area (Å²) in [4.78, 5) is 17.2. The van der Waals surface area contributed by atoms with Crippen LogP contribution in [-0.2, 0) is 11.4 Å². The zero-order valence-electron chi connectivity index (χ0n) is 17.8. The van der Waals surface area contributed by atoms with Gasteiger partial charge in [-0.15, -0.1) is 0 Å². The van der Waals surface area contributed by atoms with Crippen molar-refractivity contribution in [3.8, 4) is 17.2 Å². The van der Waals surface area contributed by atoms with Gasteiger partial charge in [-0.3, -0.25) is 10.1 Å². The molecule has 1 atom stereocenters. The highest BCUT2D eigenvalue weighted by atomic mass is 17.1. The number of allylic oxidation sites excluding steroid dienone is 1. The molecule has 1 N–H and O–H groups in total. The number of ether oxygens (including phenoxy) is 3. The number of nitrogens with zero attached hydrogens (tertiary/aromatic N) is 1. The lowest BCUT2D eigenvalue weighted by atomic mass is 10.1. The van der Waals surface area contributed by atoms with Crippen LogP contribution in [0.15, 0.2) is 66.9 Å². The number of carbonyl (C=O) groups excluding carboxylic acids is 1. The van der Waals surface area contributed by atoms with E-state index in [1.165, 1.54) is 0 Å². The Kier molecular flexibility index (Phi) is 6.89. The van der Waals surface area contributed by atoms with Crippen molar-refractivity contribution < 1.29 is 29.1 Å². The zero-order valence-corrected chi connectivity index (χ0v) is 17.8. The van der Waals surface area contributed by atoms with Gasteiger partial charge in [0.2, 0.25) is 12.6 Å². The van der Waals surface area contributed by atoms with Gasteiger partial charge in [0.25, 0.3) is 0 Å². The van der Waals surface area contributed by atoms with E-state index in [1.54, 1.807) is 18.2 Å². The van der Waals surface area contributed by atoms with E-state index in [9.17, 15) is 4.79 Å². The maximum atomic E-state index is 13.0. The second kappa shape index (κ2) is 10.2. The van der Waals surface area contributed by atoms with Crippen LogP contribution >= 0.6 is 0 Å². The van der Waals surface area contributed by atoms with E-state index < -0.39 is 0 Å². The van der Waals surface area contributed by atoms with Crippen LogP contribution in [0.1, 0.15) is 35.0 Å². The first-order valence-corrected chi connectivity index (χ1v) is 10.5. The van der Waals surface area contributed by atoms with Gasteiger partial charge in [-0.1, -0.05) is 31.2 Å². The summed E-state index contributed by atoms with van der Waals surface area (Å²) in [5, 5.41) is 8.65. The Bertz CT molecular complexity index is 1100. The van der Waals surface area contributed by atoms with E-state index in [0.29, 0.717) is 41.5 Å². The standard InChI is InChI=1S/C25H25NO6/c1-2-20(16-31-28)32-21-8-3-6-18(14-21)7-4-12-26-13-5-9-22(26)25(27)19-10-11-23-24(15-19)30-17-29-23/h3-11,13-15,20,28H,2,12,16-17H2,1H3/b7-4+/t20-/m0/s1. The van der Waals surface area contributed by atoms with Gasteiger partial charge < -0.3 is 18.8 Å². The Morgan fingerprint density at radius 3 is 2.88 bits per heavy atom. The lowest BCUT2D eigenvalue weighted by Gasteiger charge is -2.16. The van der Waals surface area contributed by atoms with Crippen LogP contribution in [0.5, 0.6) is 17.2 Å². The molecule has 0 amide bonds.